The van der Waals surface area contributed by atoms with Gasteiger partial charge in [-0.15, -0.1) is 0 Å². The topological polar surface area (TPSA) is 44.8 Å². The zero-order chi connectivity index (χ0) is 33.4. The summed E-state index contributed by atoms with van der Waals surface area (Å²) in [7, 11) is -5.45. The Balaban J connectivity index is 1.63. The van der Waals surface area contributed by atoms with E-state index in [1.54, 1.807) is 0 Å². The van der Waals surface area contributed by atoms with E-state index >= 15 is 0 Å². The number of rotatable bonds is 13. The smallest absolute Gasteiger partial charge is 0.302 e. The van der Waals surface area contributed by atoms with Crippen molar-refractivity contribution in [3.63, 3.8) is 0 Å². The number of hydrogen-bond donors (Lipinski definition) is 0. The zero-order valence-corrected chi connectivity index (χ0v) is 31.0. The summed E-state index contributed by atoms with van der Waals surface area (Å²) in [5, 5.41) is 4.67. The molecule has 0 spiro atoms. The van der Waals surface area contributed by atoms with Crippen molar-refractivity contribution in [1.82, 2.24) is 0 Å². The second-order valence-corrected chi connectivity index (χ2v) is 23.0. The lowest BCUT2D eigenvalue weighted by atomic mass is 10.0. The molecular weight excluding hydrogens is 601 g/mol. The highest BCUT2D eigenvalue weighted by Gasteiger charge is 2.51. The summed E-state index contributed by atoms with van der Waals surface area (Å²) in [6, 6.07) is 42.6. The molecule has 4 aromatic carbocycles. The van der Waals surface area contributed by atoms with Crippen LogP contribution in [0.5, 0.6) is 0 Å². The van der Waals surface area contributed by atoms with Crippen molar-refractivity contribution in [3.05, 3.63) is 121 Å². The Morgan fingerprint density at radius 3 is 1.22 bits per heavy atom. The fourth-order valence-electron chi connectivity index (χ4n) is 6.89. The molecule has 0 bridgehead atoms. The van der Waals surface area contributed by atoms with Crippen molar-refractivity contribution in [2.75, 3.05) is 13.2 Å². The van der Waals surface area contributed by atoms with E-state index in [1.807, 2.05) is 0 Å². The first kappa shape index (κ1) is 35.6. The molecular formula is C40H52O4Si2. The summed E-state index contributed by atoms with van der Waals surface area (Å²) in [5.41, 5.74) is 0. The van der Waals surface area contributed by atoms with Crippen molar-refractivity contribution in [2.24, 2.45) is 5.92 Å². The minimum atomic E-state index is -2.74. The molecule has 0 aliphatic heterocycles. The molecule has 4 nitrogen and oxygen atoms in total. The second-order valence-electron chi connectivity index (χ2n) is 14.4. The van der Waals surface area contributed by atoms with Crippen LogP contribution >= 0.6 is 0 Å². The molecule has 0 amide bonds. The van der Waals surface area contributed by atoms with Crippen LogP contribution < -0.4 is 20.7 Å². The maximum Gasteiger partial charge on any atom is 0.302 e. The van der Waals surface area contributed by atoms with Gasteiger partial charge in [0.15, 0.2) is 0 Å². The van der Waals surface area contributed by atoms with Crippen LogP contribution in [-0.2, 0) is 18.4 Å². The number of hydrogen-bond acceptors (Lipinski definition) is 4. The van der Waals surface area contributed by atoms with Crippen molar-refractivity contribution in [1.29, 1.82) is 0 Å². The molecule has 244 valence electrons. The van der Waals surface area contributed by atoms with Gasteiger partial charge in [-0.1, -0.05) is 170 Å². The van der Waals surface area contributed by atoms with E-state index in [9.17, 15) is 4.79 Å². The lowest BCUT2D eigenvalue weighted by Crippen LogP contribution is -2.67. The average Bonchev–Trinajstić information content (AvgIpc) is 3.03. The van der Waals surface area contributed by atoms with Gasteiger partial charge in [0.05, 0.1) is 0 Å². The highest BCUT2D eigenvalue weighted by Crippen LogP contribution is 2.38. The van der Waals surface area contributed by atoms with Crippen molar-refractivity contribution < 1.29 is 18.4 Å². The molecule has 0 aliphatic rings. The molecule has 2 atom stereocenters. The Kier molecular flexibility index (Phi) is 11.7. The van der Waals surface area contributed by atoms with Gasteiger partial charge in [0, 0.05) is 32.5 Å². The summed E-state index contributed by atoms with van der Waals surface area (Å²) < 4.78 is 20.4. The van der Waals surface area contributed by atoms with Crippen LogP contribution in [0.15, 0.2) is 121 Å². The highest BCUT2D eigenvalue weighted by molar-refractivity contribution is 7.00. The number of carbonyl (C=O) groups excluding carboxylic acids is 1. The van der Waals surface area contributed by atoms with E-state index in [0.717, 1.165) is 0 Å². The first-order valence-corrected chi connectivity index (χ1v) is 20.3. The predicted octanol–water partition coefficient (Wildman–Crippen LogP) is 7.10. The Morgan fingerprint density at radius 1 is 0.587 bits per heavy atom. The summed E-state index contributed by atoms with van der Waals surface area (Å²) >= 11 is 0. The number of ether oxygens (including phenoxy) is 1. The molecule has 0 fully saturated rings. The van der Waals surface area contributed by atoms with Crippen LogP contribution in [0.4, 0.5) is 0 Å². The van der Waals surface area contributed by atoms with E-state index in [1.165, 1.54) is 27.7 Å². The third-order valence-corrected chi connectivity index (χ3v) is 19.1. The van der Waals surface area contributed by atoms with Gasteiger partial charge in [-0.25, -0.2) is 0 Å². The molecule has 0 radical (unpaired) electrons. The lowest BCUT2D eigenvalue weighted by Gasteiger charge is -2.44. The highest BCUT2D eigenvalue weighted by atomic mass is 28.4. The van der Waals surface area contributed by atoms with Crippen molar-refractivity contribution >= 4 is 43.4 Å². The average molecular weight is 653 g/mol. The second kappa shape index (κ2) is 15.1. The van der Waals surface area contributed by atoms with Gasteiger partial charge in [-0.3, -0.25) is 4.79 Å². The molecule has 4 aromatic rings. The molecule has 0 heterocycles. The largest absolute Gasteiger partial charge is 0.462 e. The monoisotopic (exact) mass is 652 g/mol. The third-order valence-electron chi connectivity index (χ3n) is 9.07. The molecule has 6 heteroatoms. The van der Waals surface area contributed by atoms with E-state index in [2.05, 4.69) is 170 Å². The first-order valence-electron chi connectivity index (χ1n) is 16.5. The van der Waals surface area contributed by atoms with Crippen LogP contribution in [0.3, 0.4) is 0 Å². The molecule has 0 aliphatic carbocycles. The fraction of sp³-hybridized carbons (Fsp3) is 0.375. The first-order chi connectivity index (χ1) is 21.8. The minimum Gasteiger partial charge on any atom is -0.462 e. The van der Waals surface area contributed by atoms with Crippen molar-refractivity contribution in [3.8, 4) is 0 Å². The van der Waals surface area contributed by atoms with Gasteiger partial charge >= 0.3 is 5.97 Å². The molecule has 0 unspecified atom stereocenters. The minimum absolute atomic E-state index is 0.0479. The van der Waals surface area contributed by atoms with Crippen LogP contribution in [-0.4, -0.2) is 41.9 Å². The van der Waals surface area contributed by atoms with E-state index in [4.69, 9.17) is 13.6 Å². The molecule has 0 N–H and O–H groups in total. The van der Waals surface area contributed by atoms with Gasteiger partial charge < -0.3 is 13.6 Å². The van der Waals surface area contributed by atoms with Crippen LogP contribution in [0, 0.1) is 5.92 Å². The Morgan fingerprint density at radius 2 is 0.913 bits per heavy atom. The maximum absolute atomic E-state index is 12.4. The Labute approximate surface area is 279 Å². The van der Waals surface area contributed by atoms with Crippen LogP contribution in [0.2, 0.25) is 10.1 Å². The van der Waals surface area contributed by atoms with Crippen LogP contribution in [0.25, 0.3) is 0 Å². The number of benzene rings is 4. The van der Waals surface area contributed by atoms with Crippen LogP contribution in [0.1, 0.15) is 61.8 Å². The molecule has 0 saturated heterocycles. The third kappa shape index (κ3) is 7.63. The van der Waals surface area contributed by atoms with E-state index in [-0.39, 0.29) is 28.1 Å². The summed E-state index contributed by atoms with van der Waals surface area (Å²) in [6.45, 7) is 18.2. The quantitative estimate of drug-likeness (QED) is 0.114. The summed E-state index contributed by atoms with van der Waals surface area (Å²) in [4.78, 5) is 12.4. The summed E-state index contributed by atoms with van der Waals surface area (Å²) in [6.07, 6.45) is 0.226. The molecule has 0 aromatic heterocycles. The maximum atomic E-state index is 12.4. The van der Waals surface area contributed by atoms with Gasteiger partial charge in [-0.05, 0) is 30.8 Å². The molecule has 0 saturated carbocycles. The predicted molar refractivity (Wildman–Crippen MR) is 196 cm³/mol. The van der Waals surface area contributed by atoms with Gasteiger partial charge in [0.1, 0.15) is 6.10 Å². The summed E-state index contributed by atoms with van der Waals surface area (Å²) in [5.74, 6) is -0.332. The Hall–Kier alpha value is -3.30. The van der Waals surface area contributed by atoms with Crippen molar-refractivity contribution in [2.45, 2.75) is 78.0 Å². The number of esters is 1. The molecule has 4 rings (SSSR count). The number of carbonyl (C=O) groups is 1. The SMILES string of the molecule is CC(=O)O[C@H](CCO[Si](c1ccccc1)(c1ccccc1)C(C)(C)C)[C@H](C)CO[Si](c1ccccc1)(c1ccccc1)C(C)(C)C. The lowest BCUT2D eigenvalue weighted by molar-refractivity contribution is -0.150. The zero-order valence-electron chi connectivity index (χ0n) is 29.0. The molecule has 46 heavy (non-hydrogen) atoms. The standard InChI is InChI=1S/C40H52O4Si2/c1-32(31-43-46(40(6,7)8,36-25-17-11-18-26-36)37-27-19-12-20-28-37)38(44-33(2)41)29-30-42-45(39(3,4)5,34-21-13-9-14-22-34)35-23-15-10-16-24-35/h9-28,32,38H,29-31H2,1-8H3/t32-,38-/m1/s1. The Bertz CT molecular complexity index is 1420. The van der Waals surface area contributed by atoms with E-state index in [0.29, 0.717) is 19.6 Å². The van der Waals surface area contributed by atoms with E-state index < -0.39 is 16.6 Å². The van der Waals surface area contributed by atoms with Gasteiger partial charge in [0.2, 0.25) is 0 Å². The normalized spacial score (nSPS) is 14.0. The fourth-order valence-corrected chi connectivity index (χ4v) is 16.1. The van der Waals surface area contributed by atoms with Gasteiger partial charge in [0.25, 0.3) is 16.6 Å². The van der Waals surface area contributed by atoms with Gasteiger partial charge in [-0.2, -0.15) is 0 Å².